The number of rotatable bonds is 48. The number of nitrogens with zero attached hydrogens (tertiary/aromatic N) is 1. The predicted molar refractivity (Wildman–Crippen MR) is 263 cm³/mol. The zero-order chi connectivity index (χ0) is 44.2. The monoisotopic (exact) mass is 866 g/mol. The molecule has 2 atom stereocenters. The lowest BCUT2D eigenvalue weighted by Gasteiger charge is -2.17. The van der Waals surface area contributed by atoms with Crippen molar-refractivity contribution in [2.45, 2.75) is 265 Å². The maximum atomic E-state index is 13.3. The van der Waals surface area contributed by atoms with Crippen molar-refractivity contribution in [3.8, 4) is 0 Å². The average Bonchev–Trinajstić information content (AvgIpc) is 3.23. The lowest BCUT2D eigenvalue weighted by Crippen LogP contribution is -2.14. The molecule has 2 unspecified atom stereocenters. The lowest BCUT2D eigenvalue weighted by molar-refractivity contribution is -0.144. The summed E-state index contributed by atoms with van der Waals surface area (Å²) >= 11 is 0. The summed E-state index contributed by atoms with van der Waals surface area (Å²) in [6.45, 7) is 11.3. The first-order valence-electron chi connectivity index (χ1n) is 26.5. The average molecular weight is 866 g/mol. The fourth-order valence-corrected chi connectivity index (χ4v) is 11.1. The molecule has 0 aliphatic heterocycles. The van der Waals surface area contributed by atoms with Gasteiger partial charge < -0.3 is 14.4 Å². The summed E-state index contributed by atoms with van der Waals surface area (Å²) < 4.78 is 11.2. The van der Waals surface area contributed by atoms with Crippen molar-refractivity contribution >= 4 is 25.4 Å². The molecule has 0 heterocycles. The molecule has 0 aromatic carbocycles. The van der Waals surface area contributed by atoms with Crippen LogP contribution in [-0.2, 0) is 23.9 Å². The quantitative estimate of drug-likeness (QED) is 0.0345. The molecule has 0 saturated heterocycles. The van der Waals surface area contributed by atoms with E-state index in [1.165, 1.54) is 173 Å². The van der Waals surface area contributed by atoms with E-state index in [2.05, 4.69) is 46.7 Å². The Kier molecular flexibility index (Phi) is 45.2. The van der Waals surface area contributed by atoms with E-state index in [4.69, 9.17) is 9.47 Å². The first-order valence-corrected chi connectivity index (χ1v) is 28.2. The summed E-state index contributed by atoms with van der Waals surface area (Å²) in [6, 6.07) is 0. The zero-order valence-corrected chi connectivity index (χ0v) is 42.2. The number of carbonyl (C=O) groups is 3. The second-order valence-corrected chi connectivity index (χ2v) is 21.3. The van der Waals surface area contributed by atoms with Gasteiger partial charge in [-0.05, 0) is 111 Å². The minimum absolute atomic E-state index is 0.00859. The van der Waals surface area contributed by atoms with Crippen molar-refractivity contribution in [1.29, 1.82) is 0 Å². The molecule has 0 rings (SSSR count). The molecule has 7 heteroatoms. The van der Waals surface area contributed by atoms with E-state index >= 15 is 0 Å². The number of unbranched alkanes of at least 4 members (excludes halogenated alkanes) is 19. The van der Waals surface area contributed by atoms with Gasteiger partial charge in [-0.25, -0.2) is 0 Å². The Morgan fingerprint density at radius 3 is 1.13 bits per heavy atom. The maximum Gasteiger partial charge on any atom is 0.305 e. The van der Waals surface area contributed by atoms with Gasteiger partial charge in [0, 0.05) is 19.3 Å². The van der Waals surface area contributed by atoms with E-state index < -0.39 is 7.92 Å². The van der Waals surface area contributed by atoms with E-state index in [0.717, 1.165) is 82.1 Å². The summed E-state index contributed by atoms with van der Waals surface area (Å²) in [4.78, 5) is 40.0. The van der Waals surface area contributed by atoms with Gasteiger partial charge in [-0.3, -0.25) is 14.4 Å². The third-order valence-corrected chi connectivity index (χ3v) is 15.3. The van der Waals surface area contributed by atoms with Gasteiger partial charge in [0.15, 0.2) is 5.52 Å². The van der Waals surface area contributed by atoms with Crippen molar-refractivity contribution in [1.82, 2.24) is 4.90 Å². The molecule has 0 spiro atoms. The summed E-state index contributed by atoms with van der Waals surface area (Å²) in [5.41, 5.74) is 0.549. The van der Waals surface area contributed by atoms with Gasteiger partial charge in [-0.1, -0.05) is 188 Å². The van der Waals surface area contributed by atoms with E-state index in [0.29, 0.717) is 31.6 Å². The van der Waals surface area contributed by atoms with Crippen molar-refractivity contribution in [3.05, 3.63) is 0 Å². The van der Waals surface area contributed by atoms with Gasteiger partial charge >= 0.3 is 11.9 Å². The van der Waals surface area contributed by atoms with Crippen LogP contribution in [0, 0.1) is 11.8 Å². The Morgan fingerprint density at radius 2 is 0.750 bits per heavy atom. The first kappa shape index (κ1) is 59.0. The second kappa shape index (κ2) is 46.0. The summed E-state index contributed by atoms with van der Waals surface area (Å²) in [5.74, 6) is 1.59. The van der Waals surface area contributed by atoms with Crippen LogP contribution in [-0.4, -0.2) is 68.5 Å². The number of ether oxygens (including phenoxy) is 2. The van der Waals surface area contributed by atoms with E-state index in [9.17, 15) is 14.4 Å². The molecule has 0 aliphatic carbocycles. The molecule has 0 radical (unpaired) electrons. The summed E-state index contributed by atoms with van der Waals surface area (Å²) in [7, 11) is 3.66. The highest BCUT2D eigenvalue weighted by molar-refractivity contribution is 7.74. The first-order chi connectivity index (χ1) is 29.3. The maximum absolute atomic E-state index is 13.3. The Hall–Kier alpha value is -1.00. The number of carbonyl (C=O) groups excluding carboxylic acids is 3. The molecule has 0 aliphatic rings. The molecule has 60 heavy (non-hydrogen) atoms. The minimum Gasteiger partial charge on any atom is -0.466 e. The van der Waals surface area contributed by atoms with Crippen LogP contribution in [0.25, 0.3) is 0 Å². The Labute approximate surface area is 376 Å². The van der Waals surface area contributed by atoms with Gasteiger partial charge in [0.05, 0.1) is 13.2 Å². The largest absolute Gasteiger partial charge is 0.466 e. The third kappa shape index (κ3) is 41.0. The molecule has 0 aromatic heterocycles. The molecule has 0 bridgehead atoms. The number of hydrogen-bond donors (Lipinski definition) is 0. The van der Waals surface area contributed by atoms with Gasteiger partial charge in [0.2, 0.25) is 0 Å². The van der Waals surface area contributed by atoms with Crippen LogP contribution in [0.3, 0.4) is 0 Å². The highest BCUT2D eigenvalue weighted by Crippen LogP contribution is 2.41. The summed E-state index contributed by atoms with van der Waals surface area (Å²) in [6.07, 6.45) is 45.5. The lowest BCUT2D eigenvalue weighted by atomic mass is 9.91. The Morgan fingerprint density at radius 1 is 0.400 bits per heavy atom. The molecule has 0 N–H and O–H groups in total. The van der Waals surface area contributed by atoms with Gasteiger partial charge in [-0.15, -0.1) is 0 Å². The molecule has 6 nitrogen and oxygen atoms in total. The van der Waals surface area contributed by atoms with Crippen LogP contribution in [0.5, 0.6) is 0 Å². The number of esters is 2. The SMILES string of the molecule is CCCCCC(CCCC)CCCOC(=O)CCCCCCCCCP(CCCCCCCCCC(=O)OCCCC(CCCCC)CCCCC)C(=O)CCCN(C)C. The van der Waals surface area contributed by atoms with Crippen LogP contribution in [0.15, 0.2) is 0 Å². The molecule has 0 saturated carbocycles. The number of hydrogen-bond acceptors (Lipinski definition) is 6. The zero-order valence-electron chi connectivity index (χ0n) is 41.3. The van der Waals surface area contributed by atoms with Gasteiger partial charge in [0.25, 0.3) is 0 Å². The molecular formula is C53H104NO5P. The van der Waals surface area contributed by atoms with Crippen LogP contribution < -0.4 is 0 Å². The van der Waals surface area contributed by atoms with Crippen molar-refractivity contribution in [2.24, 2.45) is 11.8 Å². The fraction of sp³-hybridized carbons (Fsp3) is 0.943. The topological polar surface area (TPSA) is 72.9 Å². The van der Waals surface area contributed by atoms with Crippen LogP contribution >= 0.6 is 7.92 Å². The van der Waals surface area contributed by atoms with Crippen LogP contribution in [0.4, 0.5) is 0 Å². The van der Waals surface area contributed by atoms with Gasteiger partial charge in [-0.2, -0.15) is 0 Å². The Bertz CT molecular complexity index is 934. The molecule has 356 valence electrons. The highest BCUT2D eigenvalue weighted by Gasteiger charge is 2.17. The second-order valence-electron chi connectivity index (χ2n) is 18.8. The third-order valence-electron chi connectivity index (χ3n) is 12.6. The fourth-order valence-electron chi connectivity index (χ4n) is 8.65. The standard InChI is InChI=1S/C53H104NO5P/c1-7-11-25-36-49(35-14-10-4)39-33-45-58-51(55)41-28-21-17-15-19-23-30-47-60(53(57)43-32-44-54(5)6)48-31-24-20-16-18-22-29-42-52(56)59-46-34-40-50(37-26-12-8-2)38-27-13-9-3/h49-50H,7-48H2,1-6H3. The molecule has 0 amide bonds. The Balaban J connectivity index is 4.12. The van der Waals surface area contributed by atoms with E-state index in [1.807, 2.05) is 0 Å². The predicted octanol–water partition coefficient (Wildman–Crippen LogP) is 16.4. The van der Waals surface area contributed by atoms with Crippen LogP contribution in [0.1, 0.15) is 265 Å². The van der Waals surface area contributed by atoms with Crippen molar-refractivity contribution in [3.63, 3.8) is 0 Å². The normalized spacial score (nSPS) is 12.7. The molecule has 0 aromatic rings. The van der Waals surface area contributed by atoms with E-state index in [-0.39, 0.29) is 11.9 Å². The van der Waals surface area contributed by atoms with Crippen molar-refractivity contribution < 1.29 is 23.9 Å². The van der Waals surface area contributed by atoms with Crippen LogP contribution in [0.2, 0.25) is 0 Å². The smallest absolute Gasteiger partial charge is 0.305 e. The van der Waals surface area contributed by atoms with Crippen molar-refractivity contribution in [2.75, 3.05) is 46.2 Å². The highest BCUT2D eigenvalue weighted by atomic mass is 31.1. The molecule has 0 fully saturated rings. The van der Waals surface area contributed by atoms with Gasteiger partial charge in [0.1, 0.15) is 0 Å². The summed E-state index contributed by atoms with van der Waals surface area (Å²) in [5, 5.41) is 0. The minimum atomic E-state index is -0.524. The van der Waals surface area contributed by atoms with E-state index in [1.54, 1.807) is 0 Å². The molecular weight excluding hydrogens is 762 g/mol.